The van der Waals surface area contributed by atoms with E-state index in [4.69, 9.17) is 0 Å². The van der Waals surface area contributed by atoms with Gasteiger partial charge in [0.15, 0.2) is 0 Å². The van der Waals surface area contributed by atoms with Gasteiger partial charge in [-0.2, -0.15) is 4.98 Å². The van der Waals surface area contributed by atoms with E-state index in [1.165, 1.54) is 5.56 Å². The fourth-order valence-corrected chi connectivity index (χ4v) is 2.81. The van der Waals surface area contributed by atoms with Crippen LogP contribution in [-0.4, -0.2) is 55.2 Å². The molecule has 0 amide bonds. The number of aromatic nitrogens is 3. The zero-order chi connectivity index (χ0) is 16.4. The third kappa shape index (κ3) is 3.55. The molecule has 0 saturated carbocycles. The van der Waals surface area contributed by atoms with Crippen molar-refractivity contribution in [2.24, 2.45) is 0 Å². The first kappa shape index (κ1) is 16.0. The van der Waals surface area contributed by atoms with Crippen LogP contribution in [0.2, 0.25) is 0 Å². The van der Waals surface area contributed by atoms with Crippen LogP contribution in [0.25, 0.3) is 0 Å². The van der Waals surface area contributed by atoms with Crippen molar-refractivity contribution in [1.29, 1.82) is 0 Å². The van der Waals surface area contributed by atoms with Gasteiger partial charge in [-0.15, -0.1) is 0 Å². The second-order valence-electron chi connectivity index (χ2n) is 5.88. The molecular formula is C16H21BrN6. The molecule has 0 bridgehead atoms. The third-order valence-corrected chi connectivity index (χ3v) is 4.82. The van der Waals surface area contributed by atoms with Gasteiger partial charge in [-0.1, -0.05) is 0 Å². The average Bonchev–Trinajstić information content (AvgIpc) is 2.57. The van der Waals surface area contributed by atoms with E-state index in [0.717, 1.165) is 48.2 Å². The van der Waals surface area contributed by atoms with Gasteiger partial charge in [0.1, 0.15) is 11.6 Å². The average molecular weight is 377 g/mol. The van der Waals surface area contributed by atoms with E-state index in [0.29, 0.717) is 0 Å². The lowest BCUT2D eigenvalue weighted by Gasteiger charge is -2.36. The third-order valence-electron chi connectivity index (χ3n) is 3.99. The molecule has 6 nitrogen and oxygen atoms in total. The minimum Gasteiger partial charge on any atom is -0.353 e. The Hall–Kier alpha value is -1.89. The van der Waals surface area contributed by atoms with Gasteiger partial charge >= 0.3 is 0 Å². The lowest BCUT2D eigenvalue weighted by atomic mass is 10.2. The molecular weight excluding hydrogens is 356 g/mol. The van der Waals surface area contributed by atoms with Crippen molar-refractivity contribution in [1.82, 2.24) is 15.0 Å². The summed E-state index contributed by atoms with van der Waals surface area (Å²) >= 11 is 3.50. The van der Waals surface area contributed by atoms with Gasteiger partial charge in [-0.3, -0.25) is 0 Å². The predicted octanol–water partition coefficient (Wildman–Crippen LogP) is 2.34. The maximum Gasteiger partial charge on any atom is 0.226 e. The molecule has 1 fully saturated rings. The molecule has 3 heterocycles. The topological polar surface area (TPSA) is 48.4 Å². The number of pyridine rings is 1. The second kappa shape index (κ2) is 6.70. The van der Waals surface area contributed by atoms with Crippen LogP contribution in [-0.2, 0) is 0 Å². The standard InChI is InChI=1S/C16H21BrN6/c1-12-10-15(19-11-13(12)17)23-8-6-22(7-9-23)14-4-5-18-16(20-14)21(2)3/h4-5,10-11H,6-9H2,1-3H3. The Morgan fingerprint density at radius 2 is 1.70 bits per heavy atom. The van der Waals surface area contributed by atoms with Crippen LogP contribution in [0, 0.1) is 6.92 Å². The Morgan fingerprint density at radius 3 is 2.30 bits per heavy atom. The van der Waals surface area contributed by atoms with E-state index in [1.807, 2.05) is 37.5 Å². The Bertz CT molecular complexity index is 682. The monoisotopic (exact) mass is 376 g/mol. The molecule has 0 unspecified atom stereocenters. The molecule has 23 heavy (non-hydrogen) atoms. The van der Waals surface area contributed by atoms with Crippen LogP contribution < -0.4 is 14.7 Å². The summed E-state index contributed by atoms with van der Waals surface area (Å²) in [5.41, 5.74) is 1.21. The van der Waals surface area contributed by atoms with Crippen LogP contribution in [0.15, 0.2) is 29.0 Å². The van der Waals surface area contributed by atoms with Gasteiger partial charge in [0.2, 0.25) is 5.95 Å². The van der Waals surface area contributed by atoms with Gasteiger partial charge in [-0.25, -0.2) is 9.97 Å². The highest BCUT2D eigenvalue weighted by Gasteiger charge is 2.20. The van der Waals surface area contributed by atoms with E-state index in [1.54, 1.807) is 0 Å². The first-order valence-electron chi connectivity index (χ1n) is 7.67. The number of nitrogens with zero attached hydrogens (tertiary/aromatic N) is 6. The van der Waals surface area contributed by atoms with Crippen LogP contribution >= 0.6 is 15.9 Å². The van der Waals surface area contributed by atoms with Crippen molar-refractivity contribution in [2.45, 2.75) is 6.92 Å². The van der Waals surface area contributed by atoms with Crippen molar-refractivity contribution >= 4 is 33.5 Å². The molecule has 0 aliphatic carbocycles. The first-order chi connectivity index (χ1) is 11.0. The number of halogens is 1. The molecule has 2 aromatic heterocycles. The Kier molecular flexibility index (Phi) is 4.66. The summed E-state index contributed by atoms with van der Waals surface area (Å²) in [5, 5.41) is 0. The minimum absolute atomic E-state index is 0.745. The number of hydrogen-bond donors (Lipinski definition) is 0. The van der Waals surface area contributed by atoms with Crippen molar-refractivity contribution < 1.29 is 0 Å². The molecule has 1 aliphatic rings. The number of piperazine rings is 1. The summed E-state index contributed by atoms with van der Waals surface area (Å²) in [6.07, 6.45) is 3.70. The molecule has 1 aliphatic heterocycles. The first-order valence-corrected chi connectivity index (χ1v) is 8.46. The normalized spacial score (nSPS) is 15.0. The molecule has 1 saturated heterocycles. The maximum atomic E-state index is 4.62. The van der Waals surface area contributed by atoms with Crippen LogP contribution in [0.1, 0.15) is 5.56 Å². The quantitative estimate of drug-likeness (QED) is 0.819. The summed E-state index contributed by atoms with van der Waals surface area (Å²) in [7, 11) is 3.91. The maximum absolute atomic E-state index is 4.62. The molecule has 0 spiro atoms. The van der Waals surface area contributed by atoms with E-state index in [9.17, 15) is 0 Å². The molecule has 0 atom stereocenters. The fraction of sp³-hybridized carbons (Fsp3) is 0.438. The van der Waals surface area contributed by atoms with Gasteiger partial charge in [-0.05, 0) is 40.5 Å². The largest absolute Gasteiger partial charge is 0.353 e. The van der Waals surface area contributed by atoms with E-state index in [2.05, 4.69) is 53.7 Å². The highest BCUT2D eigenvalue weighted by Crippen LogP contribution is 2.22. The van der Waals surface area contributed by atoms with Gasteiger partial charge in [0, 0.05) is 57.1 Å². The Balaban J connectivity index is 1.68. The van der Waals surface area contributed by atoms with Gasteiger partial charge in [0.05, 0.1) is 0 Å². The van der Waals surface area contributed by atoms with Crippen molar-refractivity contribution in [3.05, 3.63) is 34.6 Å². The molecule has 0 N–H and O–H groups in total. The van der Waals surface area contributed by atoms with Crippen LogP contribution in [0.5, 0.6) is 0 Å². The fourth-order valence-electron chi connectivity index (χ4n) is 2.59. The molecule has 122 valence electrons. The molecule has 0 radical (unpaired) electrons. The molecule has 3 rings (SSSR count). The number of anilines is 3. The summed E-state index contributed by atoms with van der Waals surface area (Å²) in [6.45, 7) is 5.83. The minimum atomic E-state index is 0.745. The lowest BCUT2D eigenvalue weighted by molar-refractivity contribution is 0.640. The van der Waals surface area contributed by atoms with Gasteiger partial charge < -0.3 is 14.7 Å². The van der Waals surface area contributed by atoms with Crippen molar-refractivity contribution in [2.75, 3.05) is 55.0 Å². The zero-order valence-corrected chi connectivity index (χ0v) is 15.3. The van der Waals surface area contributed by atoms with E-state index < -0.39 is 0 Å². The second-order valence-corrected chi connectivity index (χ2v) is 6.73. The van der Waals surface area contributed by atoms with Crippen molar-refractivity contribution in [3.63, 3.8) is 0 Å². The smallest absolute Gasteiger partial charge is 0.226 e. The van der Waals surface area contributed by atoms with E-state index in [-0.39, 0.29) is 0 Å². The van der Waals surface area contributed by atoms with Crippen molar-refractivity contribution in [3.8, 4) is 0 Å². The zero-order valence-electron chi connectivity index (χ0n) is 13.7. The highest BCUT2D eigenvalue weighted by atomic mass is 79.9. The van der Waals surface area contributed by atoms with E-state index >= 15 is 0 Å². The number of aryl methyl sites for hydroxylation is 1. The molecule has 7 heteroatoms. The summed E-state index contributed by atoms with van der Waals surface area (Å²) in [4.78, 5) is 20.0. The number of hydrogen-bond acceptors (Lipinski definition) is 6. The summed E-state index contributed by atoms with van der Waals surface area (Å²) < 4.78 is 1.05. The Labute approximate surface area is 145 Å². The number of rotatable bonds is 3. The summed E-state index contributed by atoms with van der Waals surface area (Å²) in [6, 6.07) is 4.11. The summed E-state index contributed by atoms with van der Waals surface area (Å²) in [5.74, 6) is 2.78. The predicted molar refractivity (Wildman–Crippen MR) is 97.5 cm³/mol. The highest BCUT2D eigenvalue weighted by molar-refractivity contribution is 9.10. The SMILES string of the molecule is Cc1cc(N2CCN(c3ccnc(N(C)C)n3)CC2)ncc1Br. The lowest BCUT2D eigenvalue weighted by Crippen LogP contribution is -2.47. The van der Waals surface area contributed by atoms with Gasteiger partial charge in [0.25, 0.3) is 0 Å². The Morgan fingerprint density at radius 1 is 1.04 bits per heavy atom. The molecule has 2 aromatic rings. The van der Waals surface area contributed by atoms with Crippen LogP contribution in [0.4, 0.5) is 17.6 Å². The van der Waals surface area contributed by atoms with Crippen LogP contribution in [0.3, 0.4) is 0 Å². The molecule has 0 aromatic carbocycles.